The number of aromatic nitrogens is 1. The van der Waals surface area contributed by atoms with Crippen molar-refractivity contribution in [2.45, 2.75) is 38.8 Å². The molecule has 0 aliphatic carbocycles. The molecule has 2 unspecified atom stereocenters. The number of hydrogen-bond donors (Lipinski definition) is 1. The van der Waals surface area contributed by atoms with Crippen molar-refractivity contribution in [1.82, 2.24) is 4.98 Å². The first-order chi connectivity index (χ1) is 8.66. The zero-order chi connectivity index (χ0) is 13.0. The van der Waals surface area contributed by atoms with Crippen molar-refractivity contribution in [3.63, 3.8) is 0 Å². The van der Waals surface area contributed by atoms with Gasteiger partial charge in [-0.2, -0.15) is 0 Å². The summed E-state index contributed by atoms with van der Waals surface area (Å²) in [6.45, 7) is 5.61. The largest absolute Gasteiger partial charge is 0.489 e. The van der Waals surface area contributed by atoms with Crippen LogP contribution in [0, 0.1) is 5.92 Å². The van der Waals surface area contributed by atoms with Crippen LogP contribution in [0.2, 0.25) is 0 Å². The Labute approximate surface area is 108 Å². The highest BCUT2D eigenvalue weighted by Gasteiger charge is 2.23. The zero-order valence-electron chi connectivity index (χ0n) is 11.1. The molecule has 1 aliphatic heterocycles. The summed E-state index contributed by atoms with van der Waals surface area (Å²) in [4.78, 5) is 4.21. The molecule has 2 heterocycles. The Balaban J connectivity index is 2.06. The van der Waals surface area contributed by atoms with Gasteiger partial charge in [-0.15, -0.1) is 0 Å². The summed E-state index contributed by atoms with van der Waals surface area (Å²) in [5.41, 5.74) is 7.33. The van der Waals surface area contributed by atoms with Crippen molar-refractivity contribution < 1.29 is 9.47 Å². The van der Waals surface area contributed by atoms with Crippen LogP contribution in [0.3, 0.4) is 0 Å². The topological polar surface area (TPSA) is 57.4 Å². The highest BCUT2D eigenvalue weighted by molar-refractivity contribution is 5.26. The molecule has 1 saturated heterocycles. The smallest absolute Gasteiger partial charge is 0.138 e. The Kier molecular flexibility index (Phi) is 4.55. The van der Waals surface area contributed by atoms with Gasteiger partial charge in [0, 0.05) is 24.8 Å². The third-order valence-electron chi connectivity index (χ3n) is 3.19. The first-order valence-corrected chi connectivity index (χ1v) is 6.61. The van der Waals surface area contributed by atoms with Gasteiger partial charge in [0.2, 0.25) is 0 Å². The predicted octanol–water partition coefficient (Wildman–Crippen LogP) is 2.30. The quantitative estimate of drug-likeness (QED) is 0.890. The van der Waals surface area contributed by atoms with Crippen molar-refractivity contribution in [2.24, 2.45) is 11.7 Å². The second-order valence-electron chi connectivity index (χ2n) is 5.12. The van der Waals surface area contributed by atoms with Gasteiger partial charge in [0.15, 0.2) is 0 Å². The minimum absolute atomic E-state index is 0.0199. The van der Waals surface area contributed by atoms with Gasteiger partial charge in [0.1, 0.15) is 5.75 Å². The average molecular weight is 250 g/mol. The number of ether oxygens (including phenoxy) is 2. The van der Waals surface area contributed by atoms with Gasteiger partial charge in [0.25, 0.3) is 0 Å². The van der Waals surface area contributed by atoms with Crippen molar-refractivity contribution in [1.29, 1.82) is 0 Å². The van der Waals surface area contributed by atoms with Crippen LogP contribution >= 0.6 is 0 Å². The average Bonchev–Trinajstić information content (AvgIpc) is 2.38. The van der Waals surface area contributed by atoms with E-state index in [2.05, 4.69) is 4.98 Å². The van der Waals surface area contributed by atoms with Gasteiger partial charge in [-0.3, -0.25) is 4.98 Å². The summed E-state index contributed by atoms with van der Waals surface area (Å²) in [6, 6.07) is 1.97. The number of nitrogens with two attached hydrogens (primary N) is 1. The SMILES string of the molecule is CC(C)Oc1cncc(C(N)C2CCCOC2)c1. The maximum Gasteiger partial charge on any atom is 0.138 e. The van der Waals surface area contributed by atoms with Gasteiger partial charge in [-0.05, 0) is 38.3 Å². The fourth-order valence-corrected chi connectivity index (χ4v) is 2.28. The van der Waals surface area contributed by atoms with Gasteiger partial charge in [0.05, 0.1) is 18.9 Å². The van der Waals surface area contributed by atoms with Gasteiger partial charge in [-0.1, -0.05) is 0 Å². The first kappa shape index (κ1) is 13.3. The summed E-state index contributed by atoms with van der Waals surface area (Å²) in [7, 11) is 0. The first-order valence-electron chi connectivity index (χ1n) is 6.61. The molecule has 2 atom stereocenters. The second kappa shape index (κ2) is 6.16. The van der Waals surface area contributed by atoms with Crippen LogP contribution in [0.1, 0.15) is 38.3 Å². The lowest BCUT2D eigenvalue weighted by atomic mass is 9.90. The standard InChI is InChI=1S/C14H22N2O2/c1-10(2)18-13-6-12(7-16-8-13)14(15)11-4-3-5-17-9-11/h6-8,10-11,14H,3-5,9,15H2,1-2H3. The number of hydrogen-bond acceptors (Lipinski definition) is 4. The van der Waals surface area contributed by atoms with E-state index in [4.69, 9.17) is 15.2 Å². The molecule has 1 aliphatic rings. The molecule has 0 bridgehead atoms. The summed E-state index contributed by atoms with van der Waals surface area (Å²) >= 11 is 0. The Morgan fingerprint density at radius 2 is 2.28 bits per heavy atom. The fourth-order valence-electron chi connectivity index (χ4n) is 2.28. The highest BCUT2D eigenvalue weighted by Crippen LogP contribution is 2.28. The molecule has 0 spiro atoms. The van der Waals surface area contributed by atoms with E-state index in [1.54, 1.807) is 6.20 Å². The van der Waals surface area contributed by atoms with E-state index in [1.807, 2.05) is 26.1 Å². The van der Waals surface area contributed by atoms with E-state index in [0.29, 0.717) is 5.92 Å². The fraction of sp³-hybridized carbons (Fsp3) is 0.643. The van der Waals surface area contributed by atoms with Crippen LogP contribution in [0.25, 0.3) is 0 Å². The van der Waals surface area contributed by atoms with Crippen molar-refractivity contribution in [3.05, 3.63) is 24.0 Å². The third kappa shape index (κ3) is 3.43. The van der Waals surface area contributed by atoms with Crippen LogP contribution in [-0.4, -0.2) is 24.3 Å². The summed E-state index contributed by atoms with van der Waals surface area (Å²) in [5.74, 6) is 1.17. The predicted molar refractivity (Wildman–Crippen MR) is 70.5 cm³/mol. The zero-order valence-corrected chi connectivity index (χ0v) is 11.1. The maximum atomic E-state index is 6.29. The Bertz CT molecular complexity index is 376. The molecule has 18 heavy (non-hydrogen) atoms. The molecule has 1 aromatic heterocycles. The summed E-state index contributed by atoms with van der Waals surface area (Å²) in [6.07, 6.45) is 5.92. The molecular weight excluding hydrogens is 228 g/mol. The van der Waals surface area contributed by atoms with E-state index < -0.39 is 0 Å². The van der Waals surface area contributed by atoms with Crippen molar-refractivity contribution in [2.75, 3.05) is 13.2 Å². The maximum absolute atomic E-state index is 6.29. The number of nitrogens with zero attached hydrogens (tertiary/aromatic N) is 1. The second-order valence-corrected chi connectivity index (χ2v) is 5.12. The number of rotatable bonds is 4. The lowest BCUT2D eigenvalue weighted by Crippen LogP contribution is -2.29. The Morgan fingerprint density at radius 3 is 2.94 bits per heavy atom. The molecule has 0 aromatic carbocycles. The van der Waals surface area contributed by atoms with Crippen LogP contribution in [-0.2, 0) is 4.74 Å². The Hall–Kier alpha value is -1.13. The molecule has 0 radical (unpaired) electrons. The van der Waals surface area contributed by atoms with Gasteiger partial charge < -0.3 is 15.2 Å². The molecule has 4 nitrogen and oxygen atoms in total. The third-order valence-corrected chi connectivity index (χ3v) is 3.19. The van der Waals surface area contributed by atoms with E-state index in [1.165, 1.54) is 0 Å². The number of pyridine rings is 1. The minimum Gasteiger partial charge on any atom is -0.489 e. The highest BCUT2D eigenvalue weighted by atomic mass is 16.5. The van der Waals surface area contributed by atoms with Crippen molar-refractivity contribution in [3.8, 4) is 5.75 Å². The van der Waals surface area contributed by atoms with E-state index in [-0.39, 0.29) is 12.1 Å². The molecule has 100 valence electrons. The van der Waals surface area contributed by atoms with Crippen LogP contribution < -0.4 is 10.5 Å². The molecule has 0 amide bonds. The molecule has 1 fully saturated rings. The molecule has 1 aromatic rings. The van der Waals surface area contributed by atoms with E-state index in [0.717, 1.165) is 37.4 Å². The lowest BCUT2D eigenvalue weighted by molar-refractivity contribution is 0.0447. The molecule has 2 N–H and O–H groups in total. The molecule has 0 saturated carbocycles. The monoisotopic (exact) mass is 250 g/mol. The van der Waals surface area contributed by atoms with Crippen LogP contribution in [0.4, 0.5) is 0 Å². The van der Waals surface area contributed by atoms with E-state index >= 15 is 0 Å². The molecule has 2 rings (SSSR count). The molecular formula is C14H22N2O2. The van der Waals surface area contributed by atoms with Crippen LogP contribution in [0.15, 0.2) is 18.5 Å². The lowest BCUT2D eigenvalue weighted by Gasteiger charge is -2.27. The summed E-state index contributed by atoms with van der Waals surface area (Å²) < 4.78 is 11.1. The Morgan fingerprint density at radius 1 is 1.44 bits per heavy atom. The molecule has 4 heteroatoms. The van der Waals surface area contributed by atoms with Gasteiger partial charge >= 0.3 is 0 Å². The normalized spacial score (nSPS) is 21.9. The van der Waals surface area contributed by atoms with Crippen molar-refractivity contribution >= 4 is 0 Å². The van der Waals surface area contributed by atoms with E-state index in [9.17, 15) is 0 Å². The summed E-state index contributed by atoms with van der Waals surface area (Å²) in [5, 5.41) is 0. The van der Waals surface area contributed by atoms with Crippen LogP contribution in [0.5, 0.6) is 5.75 Å². The van der Waals surface area contributed by atoms with Gasteiger partial charge in [-0.25, -0.2) is 0 Å². The minimum atomic E-state index is -0.0199.